The van der Waals surface area contributed by atoms with Crippen LogP contribution in [0.25, 0.3) is 10.1 Å². The van der Waals surface area contributed by atoms with Crippen LogP contribution in [-0.2, 0) is 12.4 Å². The lowest BCUT2D eigenvalue weighted by Crippen LogP contribution is -2.09. The molecule has 0 spiro atoms. The van der Waals surface area contributed by atoms with E-state index in [-0.39, 0.29) is 4.70 Å². The third-order valence-corrected chi connectivity index (χ3v) is 3.16. The number of thiophene rings is 1. The van der Waals surface area contributed by atoms with Crippen LogP contribution >= 0.6 is 11.3 Å². The minimum atomic E-state index is -4.79. The van der Waals surface area contributed by atoms with Crippen molar-refractivity contribution in [3.8, 4) is 0 Å². The highest BCUT2D eigenvalue weighted by Crippen LogP contribution is 2.44. The predicted octanol–water partition coefficient (Wildman–Crippen LogP) is 4.94. The summed E-state index contributed by atoms with van der Waals surface area (Å²) in [5.74, 6) is 0. The second-order valence-corrected chi connectivity index (χ2v) is 4.23. The predicted molar refractivity (Wildman–Crippen MR) is 51.8 cm³/mol. The van der Waals surface area contributed by atoms with Crippen LogP contribution in [0.15, 0.2) is 23.6 Å². The van der Waals surface area contributed by atoms with Gasteiger partial charge in [-0.2, -0.15) is 26.3 Å². The standard InChI is InChI=1S/C10H4F6S/c11-9(12,13)5-2-1-3-7-8(5)6(4-17-7)10(14,15)16/h1-4H. The van der Waals surface area contributed by atoms with E-state index in [1.165, 1.54) is 6.07 Å². The minimum Gasteiger partial charge on any atom is -0.166 e. The molecule has 0 nitrogen and oxygen atoms in total. The lowest BCUT2D eigenvalue weighted by molar-refractivity contribution is -0.139. The van der Waals surface area contributed by atoms with Gasteiger partial charge in [-0.3, -0.25) is 0 Å². The Hall–Kier alpha value is -1.24. The molecule has 1 aromatic heterocycles. The molecule has 0 saturated heterocycles. The van der Waals surface area contributed by atoms with Gasteiger partial charge >= 0.3 is 12.4 Å². The van der Waals surface area contributed by atoms with Crippen molar-refractivity contribution >= 4 is 21.4 Å². The summed E-state index contributed by atoms with van der Waals surface area (Å²) in [5.41, 5.74) is -2.48. The van der Waals surface area contributed by atoms with Gasteiger partial charge in [-0.1, -0.05) is 6.07 Å². The van der Waals surface area contributed by atoms with Crippen molar-refractivity contribution < 1.29 is 26.3 Å². The Morgan fingerprint density at radius 2 is 1.41 bits per heavy atom. The molecule has 17 heavy (non-hydrogen) atoms. The molecular weight excluding hydrogens is 266 g/mol. The molecule has 0 N–H and O–H groups in total. The maximum absolute atomic E-state index is 12.6. The maximum Gasteiger partial charge on any atom is 0.417 e. The molecule has 0 aliphatic rings. The number of halogens is 6. The summed E-state index contributed by atoms with van der Waals surface area (Å²) in [6.45, 7) is 0. The summed E-state index contributed by atoms with van der Waals surface area (Å²) < 4.78 is 75.5. The molecule has 0 saturated carbocycles. The summed E-state index contributed by atoms with van der Waals surface area (Å²) in [6.07, 6.45) is -9.57. The van der Waals surface area contributed by atoms with E-state index in [4.69, 9.17) is 0 Å². The van der Waals surface area contributed by atoms with Gasteiger partial charge in [-0.25, -0.2) is 0 Å². The molecule has 7 heteroatoms. The third-order valence-electron chi connectivity index (χ3n) is 2.21. The van der Waals surface area contributed by atoms with Gasteiger partial charge in [0.15, 0.2) is 0 Å². The van der Waals surface area contributed by atoms with Crippen LogP contribution in [0.3, 0.4) is 0 Å². The fourth-order valence-corrected chi connectivity index (χ4v) is 2.52. The van der Waals surface area contributed by atoms with E-state index in [1.807, 2.05) is 0 Å². The van der Waals surface area contributed by atoms with Crippen LogP contribution in [0, 0.1) is 0 Å². The van der Waals surface area contributed by atoms with E-state index >= 15 is 0 Å². The average molecular weight is 270 g/mol. The van der Waals surface area contributed by atoms with Gasteiger partial charge < -0.3 is 0 Å². The normalized spacial score (nSPS) is 13.3. The molecule has 1 aromatic carbocycles. The van der Waals surface area contributed by atoms with Crippen LogP contribution < -0.4 is 0 Å². The largest absolute Gasteiger partial charge is 0.417 e. The number of hydrogen-bond acceptors (Lipinski definition) is 1. The molecule has 0 aliphatic carbocycles. The van der Waals surface area contributed by atoms with Crippen molar-refractivity contribution in [1.29, 1.82) is 0 Å². The fraction of sp³-hybridized carbons (Fsp3) is 0.200. The quantitative estimate of drug-likeness (QED) is 0.595. The highest BCUT2D eigenvalue weighted by atomic mass is 32.1. The zero-order valence-corrected chi connectivity index (χ0v) is 8.80. The Bertz CT molecular complexity index is 548. The zero-order valence-electron chi connectivity index (χ0n) is 7.99. The molecule has 0 unspecified atom stereocenters. The highest BCUT2D eigenvalue weighted by Gasteiger charge is 2.39. The first-order valence-corrected chi connectivity index (χ1v) is 5.24. The van der Waals surface area contributed by atoms with E-state index in [9.17, 15) is 26.3 Å². The minimum absolute atomic E-state index is 0.0212. The van der Waals surface area contributed by atoms with Gasteiger partial charge in [-0.15, -0.1) is 11.3 Å². The lowest BCUT2D eigenvalue weighted by Gasteiger charge is -2.11. The van der Waals surface area contributed by atoms with Crippen LogP contribution in [0.4, 0.5) is 26.3 Å². The SMILES string of the molecule is FC(F)(F)c1cccc2scc(C(F)(F)F)c12. The topological polar surface area (TPSA) is 0 Å². The maximum atomic E-state index is 12.6. The third kappa shape index (κ3) is 2.11. The molecule has 0 amide bonds. The molecule has 1 heterocycles. The Morgan fingerprint density at radius 3 is 1.94 bits per heavy atom. The second kappa shape index (κ2) is 3.63. The van der Waals surface area contributed by atoms with Crippen LogP contribution in [0.5, 0.6) is 0 Å². The molecule has 92 valence electrons. The van der Waals surface area contributed by atoms with Gasteiger partial charge in [0.05, 0.1) is 11.1 Å². The summed E-state index contributed by atoms with van der Waals surface area (Å²) in [6, 6.07) is 3.00. The molecule has 0 radical (unpaired) electrons. The molecule has 0 aliphatic heterocycles. The average Bonchev–Trinajstić information content (AvgIpc) is 2.57. The number of rotatable bonds is 0. The van der Waals surface area contributed by atoms with Crippen molar-refractivity contribution in [3.63, 3.8) is 0 Å². The van der Waals surface area contributed by atoms with E-state index < -0.39 is 28.9 Å². The molecule has 0 bridgehead atoms. The fourth-order valence-electron chi connectivity index (χ4n) is 1.53. The number of hydrogen-bond donors (Lipinski definition) is 0. The van der Waals surface area contributed by atoms with Crippen LogP contribution in [0.2, 0.25) is 0 Å². The van der Waals surface area contributed by atoms with E-state index in [0.29, 0.717) is 22.8 Å². The Balaban J connectivity index is 2.82. The van der Waals surface area contributed by atoms with Gasteiger partial charge in [-0.05, 0) is 12.1 Å². The van der Waals surface area contributed by atoms with E-state index in [2.05, 4.69) is 0 Å². The van der Waals surface area contributed by atoms with Gasteiger partial charge in [0, 0.05) is 15.5 Å². The van der Waals surface area contributed by atoms with Crippen molar-refractivity contribution in [2.45, 2.75) is 12.4 Å². The van der Waals surface area contributed by atoms with Gasteiger partial charge in [0.25, 0.3) is 0 Å². The number of fused-ring (bicyclic) bond motifs is 1. The van der Waals surface area contributed by atoms with E-state index in [0.717, 1.165) is 6.07 Å². The molecular formula is C10H4F6S. The number of benzene rings is 1. The molecule has 2 rings (SSSR count). The lowest BCUT2D eigenvalue weighted by atomic mass is 10.1. The molecule has 2 aromatic rings. The number of alkyl halides is 6. The van der Waals surface area contributed by atoms with Crippen molar-refractivity contribution in [1.82, 2.24) is 0 Å². The summed E-state index contributed by atoms with van der Waals surface area (Å²) in [5, 5.41) is -0.0580. The zero-order chi connectivity index (χ0) is 12.8. The monoisotopic (exact) mass is 270 g/mol. The smallest absolute Gasteiger partial charge is 0.166 e. The van der Waals surface area contributed by atoms with Crippen LogP contribution in [-0.4, -0.2) is 0 Å². The Labute approximate surface area is 95.5 Å². The summed E-state index contributed by atoms with van der Waals surface area (Å²) >= 11 is 0.651. The van der Waals surface area contributed by atoms with Crippen molar-refractivity contribution in [2.24, 2.45) is 0 Å². The Kier molecular flexibility index (Phi) is 2.61. The first kappa shape index (κ1) is 12.2. The van der Waals surface area contributed by atoms with Gasteiger partial charge in [0.1, 0.15) is 0 Å². The summed E-state index contributed by atoms with van der Waals surface area (Å²) in [4.78, 5) is 0. The Morgan fingerprint density at radius 1 is 0.824 bits per heavy atom. The van der Waals surface area contributed by atoms with Crippen LogP contribution in [0.1, 0.15) is 11.1 Å². The first-order valence-electron chi connectivity index (χ1n) is 4.36. The molecule has 0 atom stereocenters. The molecule has 0 fully saturated rings. The second-order valence-electron chi connectivity index (χ2n) is 3.32. The van der Waals surface area contributed by atoms with Gasteiger partial charge in [0.2, 0.25) is 0 Å². The van der Waals surface area contributed by atoms with Crippen molar-refractivity contribution in [3.05, 3.63) is 34.7 Å². The highest BCUT2D eigenvalue weighted by molar-refractivity contribution is 7.17. The first-order chi connectivity index (χ1) is 7.71. The van der Waals surface area contributed by atoms with Crippen molar-refractivity contribution in [2.75, 3.05) is 0 Å². The summed E-state index contributed by atoms with van der Waals surface area (Å²) in [7, 11) is 0. The van der Waals surface area contributed by atoms with E-state index in [1.54, 1.807) is 0 Å².